The summed E-state index contributed by atoms with van der Waals surface area (Å²) < 4.78 is 41.2. The number of aromatic amines is 1. The summed E-state index contributed by atoms with van der Waals surface area (Å²) in [6.45, 7) is 7.34. The van der Waals surface area contributed by atoms with E-state index in [1.165, 1.54) is 16.7 Å². The van der Waals surface area contributed by atoms with Gasteiger partial charge in [-0.25, -0.2) is 0 Å². The summed E-state index contributed by atoms with van der Waals surface area (Å²) in [6, 6.07) is 9.49. The molecule has 2 N–H and O–H groups in total. The maximum Gasteiger partial charge on any atom is 0.416 e. The van der Waals surface area contributed by atoms with Crippen LogP contribution in [0.1, 0.15) is 48.2 Å². The smallest absolute Gasteiger partial charge is 0.385 e. The highest BCUT2D eigenvalue weighted by molar-refractivity contribution is 7.71. The average molecular weight is 549 g/mol. The number of H-pyrrole nitrogens is 1. The summed E-state index contributed by atoms with van der Waals surface area (Å²) in [5.74, 6) is -0.289. The van der Waals surface area contributed by atoms with Crippen LogP contribution in [-0.2, 0) is 18.3 Å². The third-order valence-electron chi connectivity index (χ3n) is 7.37. The van der Waals surface area contributed by atoms with Crippen molar-refractivity contribution in [3.63, 3.8) is 0 Å². The van der Waals surface area contributed by atoms with Crippen molar-refractivity contribution in [3.8, 4) is 0 Å². The molecule has 1 aliphatic heterocycles. The number of fused-ring (bicyclic) bond motifs is 1. The van der Waals surface area contributed by atoms with E-state index in [1.54, 1.807) is 23.1 Å². The standard InChI is InChI=1S/C27H31F3N4O3S/c1-3-32(4-2)14-15-34-24(36)21-9-8-18(16-22(21)31-25(34)38)23(35)33-12-10-26(37,11-13-33)19-6-5-7-20(17-19)27(28,29)30/h5-9,16-17,37H,3-4,10-15H2,1-2H3,(H,31,38). The summed E-state index contributed by atoms with van der Waals surface area (Å²) in [6.07, 6.45) is -4.30. The Morgan fingerprint density at radius 2 is 1.82 bits per heavy atom. The molecule has 2 heterocycles. The number of carbonyl (C=O) groups is 1. The molecule has 0 radical (unpaired) electrons. The molecule has 4 rings (SSSR count). The highest BCUT2D eigenvalue weighted by Crippen LogP contribution is 2.37. The van der Waals surface area contributed by atoms with Gasteiger partial charge in [0.2, 0.25) is 0 Å². The zero-order valence-corrected chi connectivity index (χ0v) is 22.2. The molecule has 0 unspecified atom stereocenters. The van der Waals surface area contributed by atoms with Gasteiger partial charge >= 0.3 is 6.18 Å². The quantitative estimate of drug-likeness (QED) is 0.424. The van der Waals surface area contributed by atoms with Gasteiger partial charge < -0.3 is 19.9 Å². The van der Waals surface area contributed by atoms with Crippen LogP contribution in [0, 0.1) is 4.77 Å². The van der Waals surface area contributed by atoms with Gasteiger partial charge in [0.05, 0.1) is 22.1 Å². The minimum Gasteiger partial charge on any atom is -0.385 e. The van der Waals surface area contributed by atoms with E-state index in [1.807, 2.05) is 0 Å². The highest BCUT2D eigenvalue weighted by Gasteiger charge is 2.38. The molecule has 11 heteroatoms. The molecule has 1 fully saturated rings. The first-order chi connectivity index (χ1) is 18.0. The number of likely N-dealkylation sites (tertiary alicyclic amines) is 1. The lowest BCUT2D eigenvalue weighted by Crippen LogP contribution is -2.45. The number of aromatic nitrogens is 2. The van der Waals surface area contributed by atoms with E-state index < -0.39 is 17.3 Å². The molecule has 0 atom stereocenters. The van der Waals surface area contributed by atoms with Crippen molar-refractivity contribution in [3.05, 3.63) is 74.3 Å². The number of likely N-dealkylation sites (N-methyl/N-ethyl adjacent to an activating group) is 1. The van der Waals surface area contributed by atoms with Crippen LogP contribution < -0.4 is 5.56 Å². The Morgan fingerprint density at radius 3 is 2.45 bits per heavy atom. The molecule has 0 saturated carbocycles. The van der Waals surface area contributed by atoms with E-state index in [2.05, 4.69) is 23.7 Å². The normalized spacial score (nSPS) is 15.8. The minimum atomic E-state index is -4.50. The van der Waals surface area contributed by atoms with Crippen LogP contribution in [0.4, 0.5) is 13.2 Å². The number of piperidine rings is 1. The lowest BCUT2D eigenvalue weighted by Gasteiger charge is -2.38. The zero-order valence-electron chi connectivity index (χ0n) is 21.3. The predicted molar refractivity (Wildman–Crippen MR) is 142 cm³/mol. The third-order valence-corrected chi connectivity index (χ3v) is 7.69. The molecule has 38 heavy (non-hydrogen) atoms. The molecular weight excluding hydrogens is 517 g/mol. The summed E-state index contributed by atoms with van der Waals surface area (Å²) >= 11 is 5.42. The Bertz CT molecular complexity index is 1440. The van der Waals surface area contributed by atoms with Gasteiger partial charge in [-0.15, -0.1) is 0 Å². The zero-order chi connectivity index (χ0) is 27.7. The molecule has 7 nitrogen and oxygen atoms in total. The van der Waals surface area contributed by atoms with Gasteiger partial charge in [0.25, 0.3) is 11.5 Å². The fourth-order valence-corrected chi connectivity index (χ4v) is 5.19. The van der Waals surface area contributed by atoms with Crippen molar-refractivity contribution in [2.75, 3.05) is 32.7 Å². The Kier molecular flexibility index (Phi) is 8.10. The number of amides is 1. The first kappa shape index (κ1) is 28.0. The van der Waals surface area contributed by atoms with E-state index in [9.17, 15) is 27.9 Å². The number of nitrogens with one attached hydrogen (secondary N) is 1. The molecule has 0 spiro atoms. The number of rotatable bonds is 7. The van der Waals surface area contributed by atoms with Crippen LogP contribution >= 0.6 is 12.2 Å². The molecule has 1 aliphatic rings. The molecule has 1 aromatic heterocycles. The monoisotopic (exact) mass is 548 g/mol. The van der Waals surface area contributed by atoms with Crippen LogP contribution in [-0.4, -0.2) is 63.1 Å². The average Bonchev–Trinajstić information content (AvgIpc) is 2.90. The Balaban J connectivity index is 1.50. The number of alkyl halides is 3. The molecule has 1 saturated heterocycles. The van der Waals surface area contributed by atoms with E-state index in [0.29, 0.717) is 29.6 Å². The van der Waals surface area contributed by atoms with Crippen LogP contribution in [0.2, 0.25) is 0 Å². The molecule has 0 bridgehead atoms. The van der Waals surface area contributed by atoms with Gasteiger partial charge in [-0.05, 0) is 74.0 Å². The Morgan fingerprint density at radius 1 is 1.13 bits per heavy atom. The predicted octanol–water partition coefficient (Wildman–Crippen LogP) is 4.54. The second kappa shape index (κ2) is 11.0. The SMILES string of the molecule is CCN(CC)CCn1c(=S)[nH]c2cc(C(=O)N3CCC(O)(c4cccc(C(F)(F)F)c4)CC3)ccc2c1=O. The van der Waals surface area contributed by atoms with Crippen molar-refractivity contribution < 1.29 is 23.1 Å². The lowest BCUT2D eigenvalue weighted by molar-refractivity contribution is -0.137. The van der Waals surface area contributed by atoms with Gasteiger partial charge in [-0.2, -0.15) is 13.2 Å². The second-order valence-corrected chi connectivity index (χ2v) is 9.96. The van der Waals surface area contributed by atoms with E-state index >= 15 is 0 Å². The third kappa shape index (κ3) is 5.69. The first-order valence-corrected chi connectivity index (χ1v) is 13.1. The number of nitrogens with zero attached hydrogens (tertiary/aromatic N) is 3. The Hall–Kier alpha value is -3.02. The molecular formula is C27H31F3N4O3S. The van der Waals surface area contributed by atoms with E-state index in [-0.39, 0.29) is 47.7 Å². The summed E-state index contributed by atoms with van der Waals surface area (Å²) in [5, 5.41) is 11.5. The second-order valence-electron chi connectivity index (χ2n) is 9.58. The molecule has 1 amide bonds. The number of hydrogen-bond donors (Lipinski definition) is 2. The summed E-state index contributed by atoms with van der Waals surface area (Å²) in [4.78, 5) is 33.1. The number of halogens is 3. The number of aliphatic hydroxyl groups is 1. The molecule has 2 aromatic carbocycles. The summed E-state index contributed by atoms with van der Waals surface area (Å²) in [5.41, 5.74) is -1.49. The molecule has 0 aliphatic carbocycles. The minimum absolute atomic E-state index is 0.104. The largest absolute Gasteiger partial charge is 0.416 e. The fourth-order valence-electron chi connectivity index (χ4n) is 4.91. The van der Waals surface area contributed by atoms with Crippen LogP contribution in [0.15, 0.2) is 47.3 Å². The van der Waals surface area contributed by atoms with Gasteiger partial charge in [-0.3, -0.25) is 14.2 Å². The van der Waals surface area contributed by atoms with Gasteiger partial charge in [0.1, 0.15) is 0 Å². The molecule has 204 valence electrons. The summed E-state index contributed by atoms with van der Waals surface area (Å²) in [7, 11) is 0. The van der Waals surface area contributed by atoms with E-state index in [0.717, 1.165) is 25.2 Å². The Labute approximate surface area is 223 Å². The van der Waals surface area contributed by atoms with Crippen LogP contribution in [0.5, 0.6) is 0 Å². The maximum atomic E-state index is 13.2. The van der Waals surface area contributed by atoms with Crippen LogP contribution in [0.3, 0.4) is 0 Å². The van der Waals surface area contributed by atoms with Crippen LogP contribution in [0.25, 0.3) is 10.9 Å². The van der Waals surface area contributed by atoms with Gasteiger partial charge in [0, 0.05) is 31.7 Å². The number of carbonyl (C=O) groups excluding carboxylic acids is 1. The van der Waals surface area contributed by atoms with E-state index in [4.69, 9.17) is 12.2 Å². The topological polar surface area (TPSA) is 81.6 Å². The van der Waals surface area contributed by atoms with Crippen molar-refractivity contribution in [1.29, 1.82) is 0 Å². The first-order valence-electron chi connectivity index (χ1n) is 12.7. The number of benzene rings is 2. The van der Waals surface area contributed by atoms with Gasteiger partial charge in [-0.1, -0.05) is 26.0 Å². The highest BCUT2D eigenvalue weighted by atomic mass is 32.1. The van der Waals surface area contributed by atoms with Crippen molar-refractivity contribution in [1.82, 2.24) is 19.4 Å². The molecule has 3 aromatic rings. The number of hydrogen-bond acceptors (Lipinski definition) is 5. The fraction of sp³-hybridized carbons (Fsp3) is 0.444. The lowest BCUT2D eigenvalue weighted by atomic mass is 9.83. The van der Waals surface area contributed by atoms with Crippen molar-refractivity contribution >= 4 is 29.0 Å². The van der Waals surface area contributed by atoms with Crippen molar-refractivity contribution in [2.24, 2.45) is 0 Å². The van der Waals surface area contributed by atoms with Gasteiger partial charge in [0.15, 0.2) is 4.77 Å². The maximum absolute atomic E-state index is 13.2. The van der Waals surface area contributed by atoms with Crippen molar-refractivity contribution in [2.45, 2.75) is 45.0 Å².